The molecule has 0 aliphatic heterocycles. The van der Waals surface area contributed by atoms with Gasteiger partial charge in [0.25, 0.3) is 0 Å². The van der Waals surface area contributed by atoms with Gasteiger partial charge in [0, 0.05) is 6.04 Å². The summed E-state index contributed by atoms with van der Waals surface area (Å²) in [5.74, 6) is -2.53. The van der Waals surface area contributed by atoms with Crippen LogP contribution in [0.25, 0.3) is 0 Å². The van der Waals surface area contributed by atoms with E-state index in [1.807, 2.05) is 0 Å². The largest absolute Gasteiger partial charge is 0.478 e. The van der Waals surface area contributed by atoms with Gasteiger partial charge in [-0.15, -0.1) is 0 Å². The molecule has 1 aromatic carbocycles. The number of carbonyl (C=O) groups excluding carboxylic acids is 1. The van der Waals surface area contributed by atoms with Crippen molar-refractivity contribution in [3.05, 3.63) is 29.8 Å². The normalized spacial score (nSPS) is 11.3. The average Bonchev–Trinajstić information content (AvgIpc) is 2.27. The SMILES string of the molecule is CC(C)NC(=O)CS(=O)(=O)c1cccc(C(=O)O)c1. The summed E-state index contributed by atoms with van der Waals surface area (Å²) in [6, 6.07) is 4.77. The van der Waals surface area contributed by atoms with E-state index in [0.717, 1.165) is 6.07 Å². The van der Waals surface area contributed by atoms with Crippen LogP contribution < -0.4 is 5.32 Å². The topological polar surface area (TPSA) is 101 Å². The molecule has 104 valence electrons. The first-order valence-corrected chi connectivity index (χ1v) is 7.23. The number of carboxylic acid groups (broad SMARTS) is 1. The third-order valence-corrected chi connectivity index (χ3v) is 3.83. The highest BCUT2D eigenvalue weighted by Crippen LogP contribution is 2.13. The number of amides is 1. The Kier molecular flexibility index (Phi) is 4.66. The third-order valence-electron chi connectivity index (χ3n) is 2.21. The standard InChI is InChI=1S/C12H15NO5S/c1-8(2)13-11(14)7-19(17,18)10-5-3-4-9(6-10)12(15)16/h3-6,8H,7H2,1-2H3,(H,13,14)(H,15,16). The van der Waals surface area contributed by atoms with Crippen molar-refractivity contribution in [1.82, 2.24) is 5.32 Å². The predicted octanol–water partition coefficient (Wildman–Crippen LogP) is 0.683. The summed E-state index contributed by atoms with van der Waals surface area (Å²) in [4.78, 5) is 22.1. The van der Waals surface area contributed by atoms with E-state index >= 15 is 0 Å². The molecule has 6 nitrogen and oxygen atoms in total. The van der Waals surface area contributed by atoms with Crippen molar-refractivity contribution in [2.45, 2.75) is 24.8 Å². The Bertz CT molecular complexity index is 592. The number of hydrogen-bond donors (Lipinski definition) is 2. The first-order valence-electron chi connectivity index (χ1n) is 5.58. The van der Waals surface area contributed by atoms with Crippen LogP contribution >= 0.6 is 0 Å². The maximum absolute atomic E-state index is 11.9. The van der Waals surface area contributed by atoms with Crippen molar-refractivity contribution in [3.63, 3.8) is 0 Å². The Labute approximate surface area is 111 Å². The Morgan fingerprint density at radius 1 is 1.32 bits per heavy atom. The second-order valence-corrected chi connectivity index (χ2v) is 6.30. The summed E-state index contributed by atoms with van der Waals surface area (Å²) in [5, 5.41) is 11.3. The quantitative estimate of drug-likeness (QED) is 0.828. The number of benzene rings is 1. The van der Waals surface area contributed by atoms with Gasteiger partial charge in [0.1, 0.15) is 5.75 Å². The first-order chi connectivity index (χ1) is 8.72. The van der Waals surface area contributed by atoms with Crippen LogP contribution in [0.1, 0.15) is 24.2 Å². The van der Waals surface area contributed by atoms with Gasteiger partial charge in [-0.2, -0.15) is 0 Å². The fourth-order valence-corrected chi connectivity index (χ4v) is 2.63. The molecule has 0 bridgehead atoms. The monoisotopic (exact) mass is 285 g/mol. The summed E-state index contributed by atoms with van der Waals surface area (Å²) in [5.41, 5.74) is -0.134. The molecule has 0 atom stereocenters. The number of sulfone groups is 1. The molecule has 1 rings (SSSR count). The average molecular weight is 285 g/mol. The summed E-state index contributed by atoms with van der Waals surface area (Å²) in [6.45, 7) is 3.44. The van der Waals surface area contributed by atoms with Crippen molar-refractivity contribution in [1.29, 1.82) is 0 Å². The van der Waals surface area contributed by atoms with Gasteiger partial charge in [-0.3, -0.25) is 4.79 Å². The molecular weight excluding hydrogens is 270 g/mol. The molecule has 0 aliphatic rings. The maximum atomic E-state index is 11.9. The lowest BCUT2D eigenvalue weighted by Gasteiger charge is -2.09. The zero-order valence-electron chi connectivity index (χ0n) is 10.6. The van der Waals surface area contributed by atoms with Gasteiger partial charge in [0.2, 0.25) is 5.91 Å². The highest BCUT2D eigenvalue weighted by molar-refractivity contribution is 7.92. The predicted molar refractivity (Wildman–Crippen MR) is 68.7 cm³/mol. The van der Waals surface area contributed by atoms with Gasteiger partial charge in [0.05, 0.1) is 10.5 Å². The minimum atomic E-state index is -3.84. The summed E-state index contributed by atoms with van der Waals surface area (Å²) in [6.07, 6.45) is 0. The van der Waals surface area contributed by atoms with Crippen LogP contribution in [0.4, 0.5) is 0 Å². The second-order valence-electron chi connectivity index (χ2n) is 4.31. The van der Waals surface area contributed by atoms with Gasteiger partial charge in [-0.25, -0.2) is 13.2 Å². The molecule has 0 aliphatic carbocycles. The van der Waals surface area contributed by atoms with Crippen LogP contribution in [0.15, 0.2) is 29.2 Å². The Morgan fingerprint density at radius 2 is 1.95 bits per heavy atom. The van der Waals surface area contributed by atoms with Crippen LogP contribution in [0.2, 0.25) is 0 Å². The number of aromatic carboxylic acids is 1. The first kappa shape index (κ1) is 15.2. The highest BCUT2D eigenvalue weighted by atomic mass is 32.2. The van der Waals surface area contributed by atoms with Crippen molar-refractivity contribution >= 4 is 21.7 Å². The molecule has 0 saturated carbocycles. The van der Waals surface area contributed by atoms with Gasteiger partial charge in [0.15, 0.2) is 9.84 Å². The van der Waals surface area contributed by atoms with Crippen molar-refractivity contribution in [2.24, 2.45) is 0 Å². The fraction of sp³-hybridized carbons (Fsp3) is 0.333. The fourth-order valence-electron chi connectivity index (χ4n) is 1.44. The molecule has 0 heterocycles. The minimum absolute atomic E-state index is 0.134. The van der Waals surface area contributed by atoms with Crippen LogP contribution in [0.3, 0.4) is 0 Å². The van der Waals surface area contributed by atoms with E-state index in [0.29, 0.717) is 0 Å². The van der Waals surface area contributed by atoms with E-state index in [4.69, 9.17) is 5.11 Å². The van der Waals surface area contributed by atoms with Gasteiger partial charge >= 0.3 is 5.97 Å². The number of carbonyl (C=O) groups is 2. The maximum Gasteiger partial charge on any atom is 0.335 e. The molecule has 0 spiro atoms. The molecule has 0 unspecified atom stereocenters. The zero-order chi connectivity index (χ0) is 14.6. The number of rotatable bonds is 5. The van der Waals surface area contributed by atoms with E-state index in [9.17, 15) is 18.0 Å². The lowest BCUT2D eigenvalue weighted by Crippen LogP contribution is -2.35. The van der Waals surface area contributed by atoms with Gasteiger partial charge in [-0.05, 0) is 32.0 Å². The van der Waals surface area contributed by atoms with Crippen LogP contribution in [-0.2, 0) is 14.6 Å². The highest BCUT2D eigenvalue weighted by Gasteiger charge is 2.20. The van der Waals surface area contributed by atoms with E-state index in [2.05, 4.69) is 5.32 Å². The number of carboxylic acids is 1. The van der Waals surface area contributed by atoms with Crippen molar-refractivity contribution < 1.29 is 23.1 Å². The number of hydrogen-bond acceptors (Lipinski definition) is 4. The third kappa shape index (κ3) is 4.36. The van der Waals surface area contributed by atoms with Crippen molar-refractivity contribution in [2.75, 3.05) is 5.75 Å². The van der Waals surface area contributed by atoms with Crippen LogP contribution in [-0.4, -0.2) is 37.2 Å². The number of nitrogens with one attached hydrogen (secondary N) is 1. The van der Waals surface area contributed by atoms with E-state index in [1.165, 1.54) is 18.2 Å². The van der Waals surface area contributed by atoms with E-state index < -0.39 is 27.5 Å². The van der Waals surface area contributed by atoms with Gasteiger partial charge in [-0.1, -0.05) is 6.07 Å². The lowest BCUT2D eigenvalue weighted by molar-refractivity contribution is -0.119. The molecule has 0 radical (unpaired) electrons. The van der Waals surface area contributed by atoms with Gasteiger partial charge < -0.3 is 10.4 Å². The van der Waals surface area contributed by atoms with Crippen LogP contribution in [0.5, 0.6) is 0 Å². The summed E-state index contributed by atoms with van der Waals surface area (Å²) < 4.78 is 23.9. The molecule has 2 N–H and O–H groups in total. The molecule has 1 aromatic rings. The summed E-state index contributed by atoms with van der Waals surface area (Å²) >= 11 is 0. The Balaban J connectivity index is 2.97. The van der Waals surface area contributed by atoms with E-state index in [-0.39, 0.29) is 16.5 Å². The lowest BCUT2D eigenvalue weighted by atomic mass is 10.2. The molecule has 0 fully saturated rings. The second kappa shape index (κ2) is 5.83. The molecule has 1 amide bonds. The molecule has 7 heteroatoms. The molecule has 0 saturated heterocycles. The minimum Gasteiger partial charge on any atom is -0.478 e. The summed E-state index contributed by atoms with van der Waals surface area (Å²) in [7, 11) is -3.84. The van der Waals surface area contributed by atoms with Crippen molar-refractivity contribution in [3.8, 4) is 0 Å². The van der Waals surface area contributed by atoms with E-state index in [1.54, 1.807) is 13.8 Å². The Hall–Kier alpha value is -1.89. The molecule has 0 aromatic heterocycles. The molecular formula is C12H15NO5S. The Morgan fingerprint density at radius 3 is 2.47 bits per heavy atom. The zero-order valence-corrected chi connectivity index (χ0v) is 11.4. The smallest absolute Gasteiger partial charge is 0.335 e. The van der Waals surface area contributed by atoms with Crippen LogP contribution in [0, 0.1) is 0 Å². The molecule has 19 heavy (non-hydrogen) atoms.